The maximum Gasteiger partial charge on any atom is 0.270 e. The van der Waals surface area contributed by atoms with Gasteiger partial charge in [-0.3, -0.25) is 25.0 Å². The summed E-state index contributed by atoms with van der Waals surface area (Å²) < 4.78 is 1.92. The zero-order chi connectivity index (χ0) is 22.1. The first-order valence-electron chi connectivity index (χ1n) is 9.76. The summed E-state index contributed by atoms with van der Waals surface area (Å²) in [7, 11) is 0. The van der Waals surface area contributed by atoms with Crippen molar-refractivity contribution in [3.8, 4) is 11.3 Å². The van der Waals surface area contributed by atoms with Crippen LogP contribution < -0.4 is 5.43 Å². The van der Waals surface area contributed by atoms with Crippen molar-refractivity contribution in [3.05, 3.63) is 85.2 Å². The third-order valence-corrected chi connectivity index (χ3v) is 5.19. The fraction of sp³-hybridized carbons (Fsp3) is 0.182. The van der Waals surface area contributed by atoms with Crippen molar-refractivity contribution in [1.29, 1.82) is 0 Å². The van der Waals surface area contributed by atoms with Crippen molar-refractivity contribution in [3.63, 3.8) is 0 Å². The molecule has 0 saturated heterocycles. The summed E-state index contributed by atoms with van der Waals surface area (Å²) in [6.07, 6.45) is 3.55. The topological polar surface area (TPSA) is 121 Å². The van der Waals surface area contributed by atoms with E-state index in [4.69, 9.17) is 0 Å². The molecule has 9 heteroatoms. The maximum absolute atomic E-state index is 13.2. The summed E-state index contributed by atoms with van der Waals surface area (Å²) in [5.74, 6) is 0. The van der Waals surface area contributed by atoms with Gasteiger partial charge in [0, 0.05) is 42.4 Å². The molecule has 0 N–H and O–H groups in total. The SMILES string of the molecule is CCCCn1cc(-c2ccc3cc([N+](=O)[O-])ccc3n2)c(=O)c2cc([N+](=O)[O-])ccc21. The highest BCUT2D eigenvalue weighted by molar-refractivity contribution is 5.87. The second kappa shape index (κ2) is 7.94. The molecule has 0 amide bonds. The van der Waals surface area contributed by atoms with Crippen LogP contribution >= 0.6 is 0 Å². The van der Waals surface area contributed by atoms with Gasteiger partial charge in [-0.15, -0.1) is 0 Å². The minimum atomic E-state index is -0.525. The summed E-state index contributed by atoms with van der Waals surface area (Å²) in [5.41, 5.74) is 1.34. The van der Waals surface area contributed by atoms with Crippen molar-refractivity contribution >= 4 is 33.2 Å². The van der Waals surface area contributed by atoms with Gasteiger partial charge in [0.2, 0.25) is 0 Å². The monoisotopic (exact) mass is 418 g/mol. The number of non-ortho nitro benzene ring substituents is 2. The molecule has 0 aliphatic carbocycles. The van der Waals surface area contributed by atoms with E-state index in [1.165, 1.54) is 24.3 Å². The van der Waals surface area contributed by atoms with Crippen molar-refractivity contribution in [2.75, 3.05) is 0 Å². The molecule has 0 atom stereocenters. The first-order valence-corrected chi connectivity index (χ1v) is 9.76. The third-order valence-electron chi connectivity index (χ3n) is 5.19. The number of fused-ring (bicyclic) bond motifs is 2. The van der Waals surface area contributed by atoms with E-state index in [1.54, 1.807) is 30.5 Å². The molecule has 4 rings (SSSR count). The van der Waals surface area contributed by atoms with Crippen LogP contribution in [0.15, 0.2) is 59.5 Å². The summed E-state index contributed by atoms with van der Waals surface area (Å²) in [6.45, 7) is 2.71. The number of benzene rings is 2. The molecule has 0 aliphatic rings. The van der Waals surface area contributed by atoms with Gasteiger partial charge in [0.25, 0.3) is 11.4 Å². The number of hydrogen-bond donors (Lipinski definition) is 0. The number of rotatable bonds is 6. The Morgan fingerprint density at radius 3 is 2.39 bits per heavy atom. The summed E-state index contributed by atoms with van der Waals surface area (Å²) >= 11 is 0. The van der Waals surface area contributed by atoms with Crippen LogP contribution in [0.5, 0.6) is 0 Å². The molecule has 0 unspecified atom stereocenters. The summed E-state index contributed by atoms with van der Waals surface area (Å²) in [4.78, 5) is 39.0. The Morgan fingerprint density at radius 2 is 1.68 bits per heavy atom. The number of unbranched alkanes of at least 4 members (excludes halogenated alkanes) is 1. The normalized spacial score (nSPS) is 11.1. The van der Waals surface area contributed by atoms with E-state index in [0.717, 1.165) is 12.8 Å². The lowest BCUT2D eigenvalue weighted by atomic mass is 10.1. The van der Waals surface area contributed by atoms with Crippen LogP contribution in [0.25, 0.3) is 33.1 Å². The average molecular weight is 418 g/mol. The van der Waals surface area contributed by atoms with Crippen molar-refractivity contribution < 1.29 is 9.85 Å². The van der Waals surface area contributed by atoms with Crippen LogP contribution in [-0.4, -0.2) is 19.4 Å². The van der Waals surface area contributed by atoms with Crippen LogP contribution in [0, 0.1) is 20.2 Å². The van der Waals surface area contributed by atoms with Gasteiger partial charge in [0.15, 0.2) is 5.43 Å². The largest absolute Gasteiger partial charge is 0.347 e. The lowest BCUT2D eigenvalue weighted by molar-refractivity contribution is -0.384. The summed E-state index contributed by atoms with van der Waals surface area (Å²) in [5, 5.41) is 23.1. The predicted octanol–water partition coefficient (Wildman–Crippen LogP) is 4.83. The van der Waals surface area contributed by atoms with Gasteiger partial charge >= 0.3 is 0 Å². The van der Waals surface area contributed by atoms with Crippen LogP contribution in [0.3, 0.4) is 0 Å². The van der Waals surface area contributed by atoms with Crippen molar-refractivity contribution in [1.82, 2.24) is 9.55 Å². The standard InChI is InChI=1S/C22H18N4O5/c1-2-3-10-24-13-18(22(27)17-12-16(26(30)31)6-9-21(17)24)20-7-4-14-11-15(25(28)29)5-8-19(14)23-20/h4-9,11-13H,2-3,10H2,1H3. The zero-order valence-corrected chi connectivity index (χ0v) is 16.6. The Morgan fingerprint density at radius 1 is 0.968 bits per heavy atom. The van der Waals surface area contributed by atoms with Gasteiger partial charge in [0.1, 0.15) is 0 Å². The number of hydrogen-bond acceptors (Lipinski definition) is 6. The number of aromatic nitrogens is 2. The van der Waals surface area contributed by atoms with Gasteiger partial charge in [-0.05, 0) is 24.6 Å². The van der Waals surface area contributed by atoms with Crippen molar-refractivity contribution in [2.45, 2.75) is 26.3 Å². The zero-order valence-electron chi connectivity index (χ0n) is 16.6. The van der Waals surface area contributed by atoms with Crippen LogP contribution in [0.4, 0.5) is 11.4 Å². The smallest absolute Gasteiger partial charge is 0.270 e. The Labute approximate surface area is 175 Å². The number of nitro groups is 2. The third kappa shape index (κ3) is 3.73. The van der Waals surface area contributed by atoms with E-state index >= 15 is 0 Å². The van der Waals surface area contributed by atoms with Gasteiger partial charge in [-0.25, -0.2) is 4.98 Å². The van der Waals surface area contributed by atoms with E-state index in [9.17, 15) is 25.0 Å². The van der Waals surface area contributed by atoms with E-state index in [2.05, 4.69) is 11.9 Å². The average Bonchev–Trinajstić information content (AvgIpc) is 2.77. The minimum Gasteiger partial charge on any atom is -0.347 e. The van der Waals surface area contributed by atoms with E-state index < -0.39 is 9.85 Å². The molecule has 9 nitrogen and oxygen atoms in total. The first kappa shape index (κ1) is 20.1. The fourth-order valence-corrected chi connectivity index (χ4v) is 3.57. The molecule has 0 spiro atoms. The lowest BCUT2D eigenvalue weighted by Gasteiger charge is -2.13. The van der Waals surface area contributed by atoms with E-state index in [1.807, 2.05) is 4.57 Å². The molecule has 4 aromatic rings. The number of pyridine rings is 2. The fourth-order valence-electron chi connectivity index (χ4n) is 3.57. The van der Waals surface area contributed by atoms with E-state index in [-0.39, 0.29) is 22.2 Å². The molecular weight excluding hydrogens is 400 g/mol. The molecular formula is C22H18N4O5. The molecule has 2 aromatic heterocycles. The van der Waals surface area contributed by atoms with Gasteiger partial charge in [0.05, 0.1) is 37.5 Å². The van der Waals surface area contributed by atoms with Crippen LogP contribution in [-0.2, 0) is 6.54 Å². The molecule has 2 heterocycles. The predicted molar refractivity (Wildman–Crippen MR) is 117 cm³/mol. The highest BCUT2D eigenvalue weighted by Gasteiger charge is 2.16. The van der Waals surface area contributed by atoms with Crippen molar-refractivity contribution in [2.24, 2.45) is 0 Å². The highest BCUT2D eigenvalue weighted by atomic mass is 16.6. The Bertz CT molecular complexity index is 1410. The molecule has 0 fully saturated rings. The minimum absolute atomic E-state index is 0.0398. The first-order chi connectivity index (χ1) is 14.9. The highest BCUT2D eigenvalue weighted by Crippen LogP contribution is 2.26. The van der Waals surface area contributed by atoms with Gasteiger partial charge in [-0.2, -0.15) is 0 Å². The molecule has 0 bridgehead atoms. The second-order valence-corrected chi connectivity index (χ2v) is 7.21. The molecule has 0 radical (unpaired) electrons. The van der Waals surface area contributed by atoms with Crippen LogP contribution in [0.1, 0.15) is 19.8 Å². The quantitative estimate of drug-likeness (QED) is 0.326. The Balaban J connectivity index is 1.94. The Hall–Kier alpha value is -4.14. The lowest BCUT2D eigenvalue weighted by Crippen LogP contribution is -2.13. The Kier molecular flexibility index (Phi) is 5.16. The van der Waals surface area contributed by atoms with Gasteiger partial charge in [-0.1, -0.05) is 19.4 Å². The van der Waals surface area contributed by atoms with Crippen LogP contribution in [0.2, 0.25) is 0 Å². The second-order valence-electron chi connectivity index (χ2n) is 7.21. The number of nitrogens with zero attached hydrogens (tertiary/aromatic N) is 4. The maximum atomic E-state index is 13.2. The van der Waals surface area contributed by atoms with E-state index in [0.29, 0.717) is 34.2 Å². The molecule has 2 aromatic carbocycles. The number of nitro benzene ring substituents is 2. The van der Waals surface area contributed by atoms with Gasteiger partial charge < -0.3 is 4.57 Å². The molecule has 31 heavy (non-hydrogen) atoms. The summed E-state index contributed by atoms with van der Waals surface area (Å²) in [6, 6.07) is 11.9. The molecule has 0 saturated carbocycles. The molecule has 0 aliphatic heterocycles. The number of aryl methyl sites for hydroxylation is 1. The molecule has 156 valence electrons.